The second-order valence-corrected chi connectivity index (χ2v) is 5.54. The maximum Gasteiger partial charge on any atom is 0.329 e. The van der Waals surface area contributed by atoms with Gasteiger partial charge in [0, 0.05) is 6.54 Å². The molecule has 26 heavy (non-hydrogen) atoms. The van der Waals surface area contributed by atoms with Crippen LogP contribution in [-0.4, -0.2) is 24.6 Å². The summed E-state index contributed by atoms with van der Waals surface area (Å²) in [5.41, 5.74) is 5.01. The Labute approximate surface area is 152 Å². The quantitative estimate of drug-likeness (QED) is 0.348. The van der Waals surface area contributed by atoms with E-state index >= 15 is 0 Å². The van der Waals surface area contributed by atoms with Crippen molar-refractivity contribution in [2.75, 3.05) is 6.61 Å². The monoisotopic (exact) mass is 351 g/mol. The number of amides is 2. The first kappa shape index (κ1) is 18.9. The van der Waals surface area contributed by atoms with E-state index in [0.29, 0.717) is 12.4 Å². The van der Waals surface area contributed by atoms with Gasteiger partial charge in [-0.15, -0.1) is 0 Å². The van der Waals surface area contributed by atoms with Crippen molar-refractivity contribution in [2.45, 2.75) is 13.5 Å². The number of hydrogen-bond acceptors (Lipinski definition) is 4. The minimum atomic E-state index is -0.820. The summed E-state index contributed by atoms with van der Waals surface area (Å²) in [5.74, 6) is -0.850. The van der Waals surface area contributed by atoms with Crippen molar-refractivity contribution in [2.24, 2.45) is 5.10 Å². The van der Waals surface area contributed by atoms with Gasteiger partial charge in [-0.2, -0.15) is 5.10 Å². The van der Waals surface area contributed by atoms with Crippen LogP contribution in [-0.2, 0) is 16.1 Å². The summed E-state index contributed by atoms with van der Waals surface area (Å²) in [4.78, 5) is 23.5. The maximum absolute atomic E-state index is 11.7. The number of carbonyl (C=O) groups is 2. The molecule has 6 heteroatoms. The zero-order valence-electron chi connectivity index (χ0n) is 14.6. The molecule has 134 valence electrons. The normalized spacial score (nSPS) is 10.3. The van der Waals surface area contributed by atoms with E-state index in [2.05, 4.69) is 22.4 Å². The fourth-order valence-electron chi connectivity index (χ4n) is 1.99. The fourth-order valence-corrected chi connectivity index (χ4v) is 1.99. The molecule has 0 aliphatic carbocycles. The zero-order chi connectivity index (χ0) is 18.8. The van der Waals surface area contributed by atoms with Gasteiger partial charge in [0.2, 0.25) is 0 Å². The Morgan fingerprint density at radius 3 is 2.42 bits per heavy atom. The molecule has 0 spiro atoms. The van der Waals surface area contributed by atoms with Gasteiger partial charge < -0.3 is 10.1 Å². The molecule has 0 aromatic heterocycles. The lowest BCUT2D eigenvalue weighted by Crippen LogP contribution is -2.37. The van der Waals surface area contributed by atoms with Crippen LogP contribution in [0.5, 0.6) is 5.75 Å². The number of hydrogen-bond donors (Lipinski definition) is 2. The molecule has 0 unspecified atom stereocenters. The van der Waals surface area contributed by atoms with Crippen LogP contribution in [0, 0.1) is 6.92 Å². The fraction of sp³-hybridized carbons (Fsp3) is 0.150. The number of nitrogens with one attached hydrogen (secondary N) is 2. The lowest BCUT2D eigenvalue weighted by atomic mass is 10.1. The van der Waals surface area contributed by atoms with E-state index in [1.807, 2.05) is 31.2 Å². The number of ether oxygens (including phenoxy) is 1. The van der Waals surface area contributed by atoms with E-state index in [0.717, 1.165) is 16.7 Å². The van der Waals surface area contributed by atoms with E-state index in [9.17, 15) is 9.59 Å². The molecule has 2 aromatic carbocycles. The first-order valence-electron chi connectivity index (χ1n) is 8.09. The van der Waals surface area contributed by atoms with E-state index in [-0.39, 0.29) is 6.54 Å². The number of aryl methyl sites for hydroxylation is 1. The smallest absolute Gasteiger partial charge is 0.329 e. The van der Waals surface area contributed by atoms with Crippen molar-refractivity contribution >= 4 is 18.0 Å². The topological polar surface area (TPSA) is 79.8 Å². The van der Waals surface area contributed by atoms with Crippen LogP contribution in [0.25, 0.3) is 0 Å². The third-order valence-corrected chi connectivity index (χ3v) is 3.41. The van der Waals surface area contributed by atoms with Crippen molar-refractivity contribution in [3.63, 3.8) is 0 Å². The summed E-state index contributed by atoms with van der Waals surface area (Å²) in [7, 11) is 0. The molecule has 0 saturated carbocycles. The van der Waals surface area contributed by atoms with E-state index in [1.54, 1.807) is 30.3 Å². The highest BCUT2D eigenvalue weighted by Gasteiger charge is 2.11. The molecule has 2 amide bonds. The molecule has 2 N–H and O–H groups in total. The number of benzene rings is 2. The van der Waals surface area contributed by atoms with Gasteiger partial charge in [0.05, 0.1) is 6.21 Å². The van der Waals surface area contributed by atoms with Crippen LogP contribution in [0.4, 0.5) is 0 Å². The van der Waals surface area contributed by atoms with E-state index in [1.165, 1.54) is 6.21 Å². The van der Waals surface area contributed by atoms with Crippen molar-refractivity contribution in [1.82, 2.24) is 10.7 Å². The molecule has 6 nitrogen and oxygen atoms in total. The summed E-state index contributed by atoms with van der Waals surface area (Å²) < 4.78 is 5.37. The summed E-state index contributed by atoms with van der Waals surface area (Å²) in [6.07, 6.45) is 3.11. The molecule has 0 heterocycles. The highest BCUT2D eigenvalue weighted by molar-refractivity contribution is 6.35. The molecule has 2 rings (SSSR count). The average Bonchev–Trinajstić information content (AvgIpc) is 2.66. The van der Waals surface area contributed by atoms with Gasteiger partial charge in [-0.05, 0) is 42.3 Å². The van der Waals surface area contributed by atoms with Crippen LogP contribution < -0.4 is 15.5 Å². The minimum Gasteiger partial charge on any atom is -0.490 e. The molecule has 0 radical (unpaired) electrons. The molecule has 0 aliphatic rings. The van der Waals surface area contributed by atoms with Gasteiger partial charge in [-0.25, -0.2) is 5.43 Å². The summed E-state index contributed by atoms with van der Waals surface area (Å²) in [6.45, 7) is 6.27. The minimum absolute atomic E-state index is 0.280. The summed E-state index contributed by atoms with van der Waals surface area (Å²) in [5, 5.41) is 6.32. The average molecular weight is 351 g/mol. The van der Waals surface area contributed by atoms with Crippen molar-refractivity contribution in [1.29, 1.82) is 0 Å². The molecule has 0 fully saturated rings. The number of nitrogens with zero attached hydrogens (tertiary/aromatic N) is 1. The summed E-state index contributed by atoms with van der Waals surface area (Å²) >= 11 is 0. The van der Waals surface area contributed by atoms with Gasteiger partial charge in [-0.3, -0.25) is 9.59 Å². The Balaban J connectivity index is 1.77. The van der Waals surface area contributed by atoms with Gasteiger partial charge >= 0.3 is 11.8 Å². The predicted molar refractivity (Wildman–Crippen MR) is 101 cm³/mol. The van der Waals surface area contributed by atoms with Crippen LogP contribution in [0.3, 0.4) is 0 Å². The molecule has 2 aromatic rings. The third kappa shape index (κ3) is 6.24. The second-order valence-electron chi connectivity index (χ2n) is 5.54. The number of hydrazone groups is 1. The maximum atomic E-state index is 11.7. The Bertz CT molecular complexity index is 781. The van der Waals surface area contributed by atoms with E-state index in [4.69, 9.17) is 4.74 Å². The van der Waals surface area contributed by atoms with Crippen molar-refractivity contribution in [3.8, 4) is 5.75 Å². The van der Waals surface area contributed by atoms with Gasteiger partial charge in [0.15, 0.2) is 0 Å². The lowest BCUT2D eigenvalue weighted by Gasteiger charge is -2.04. The molecular weight excluding hydrogens is 330 g/mol. The van der Waals surface area contributed by atoms with Crippen LogP contribution in [0.15, 0.2) is 66.3 Å². The van der Waals surface area contributed by atoms with Crippen LogP contribution in [0.2, 0.25) is 0 Å². The molecule has 0 aliphatic heterocycles. The Kier molecular flexibility index (Phi) is 7.12. The highest BCUT2D eigenvalue weighted by atomic mass is 16.5. The SMILES string of the molecule is C=CCOc1ccc(/C=N\NC(=O)C(=O)NCc2ccc(C)cc2)cc1. The Hall–Kier alpha value is -3.41. The predicted octanol–water partition coefficient (Wildman–Crippen LogP) is 2.33. The van der Waals surface area contributed by atoms with Crippen LogP contribution in [0.1, 0.15) is 16.7 Å². The number of carbonyl (C=O) groups excluding carboxylic acids is 2. The summed E-state index contributed by atoms with van der Waals surface area (Å²) in [6, 6.07) is 14.8. The van der Waals surface area contributed by atoms with Crippen LogP contribution >= 0.6 is 0 Å². The van der Waals surface area contributed by atoms with Gasteiger partial charge in [0.25, 0.3) is 0 Å². The van der Waals surface area contributed by atoms with Crippen molar-refractivity contribution < 1.29 is 14.3 Å². The van der Waals surface area contributed by atoms with E-state index < -0.39 is 11.8 Å². The van der Waals surface area contributed by atoms with Gasteiger partial charge in [0.1, 0.15) is 12.4 Å². The Morgan fingerprint density at radius 1 is 1.08 bits per heavy atom. The first-order chi connectivity index (χ1) is 12.6. The lowest BCUT2D eigenvalue weighted by molar-refractivity contribution is -0.139. The van der Waals surface area contributed by atoms with Crippen molar-refractivity contribution in [3.05, 3.63) is 77.9 Å². The zero-order valence-corrected chi connectivity index (χ0v) is 14.6. The molecule has 0 bridgehead atoms. The highest BCUT2D eigenvalue weighted by Crippen LogP contribution is 2.10. The van der Waals surface area contributed by atoms with Gasteiger partial charge in [-0.1, -0.05) is 42.5 Å². The first-order valence-corrected chi connectivity index (χ1v) is 8.09. The molecule has 0 atom stereocenters. The molecule has 0 saturated heterocycles. The second kappa shape index (κ2) is 9.78. The number of rotatable bonds is 7. The molecular formula is C20H21N3O3. The largest absolute Gasteiger partial charge is 0.490 e. The third-order valence-electron chi connectivity index (χ3n) is 3.41. The standard InChI is InChI=1S/C20H21N3O3/c1-3-12-26-18-10-8-17(9-11-18)14-22-23-20(25)19(24)21-13-16-6-4-15(2)5-7-16/h3-11,14H,1,12-13H2,2H3,(H,21,24)(H,23,25)/b22-14-. The Morgan fingerprint density at radius 2 is 1.77 bits per heavy atom.